The van der Waals surface area contributed by atoms with Gasteiger partial charge in [-0.3, -0.25) is 9.69 Å². The molecular formula is C19H12Cl2FNO3. The van der Waals surface area contributed by atoms with E-state index >= 15 is 0 Å². The van der Waals surface area contributed by atoms with Crippen LogP contribution in [-0.4, -0.2) is 18.5 Å². The van der Waals surface area contributed by atoms with Crippen molar-refractivity contribution in [2.45, 2.75) is 12.3 Å². The standard InChI is InChI=1S/C19H12Cl2FNO3/c20-14-5-4-10(6-15(14)21)13-8-17(24)23(12-3-1-2-11(22)7-12)16-9-26-19(25)18(13)16/h1-7,13H,8-9H2. The molecule has 0 bridgehead atoms. The molecule has 26 heavy (non-hydrogen) atoms. The first-order chi connectivity index (χ1) is 12.5. The summed E-state index contributed by atoms with van der Waals surface area (Å²) >= 11 is 12.0. The molecule has 2 aliphatic heterocycles. The monoisotopic (exact) mass is 391 g/mol. The Balaban J connectivity index is 1.84. The van der Waals surface area contributed by atoms with Gasteiger partial charge in [0.15, 0.2) is 0 Å². The fraction of sp³-hybridized carbons (Fsp3) is 0.158. The predicted molar refractivity (Wildman–Crippen MR) is 95.7 cm³/mol. The van der Waals surface area contributed by atoms with E-state index in [2.05, 4.69) is 0 Å². The zero-order valence-corrected chi connectivity index (χ0v) is 14.9. The number of amides is 1. The Kier molecular flexibility index (Phi) is 4.21. The van der Waals surface area contributed by atoms with E-state index in [4.69, 9.17) is 27.9 Å². The van der Waals surface area contributed by atoms with Gasteiger partial charge in [-0.05, 0) is 35.9 Å². The second-order valence-corrected chi connectivity index (χ2v) is 6.89. The van der Waals surface area contributed by atoms with Gasteiger partial charge < -0.3 is 4.74 Å². The molecule has 2 aromatic carbocycles. The molecule has 0 fully saturated rings. The smallest absolute Gasteiger partial charge is 0.336 e. The van der Waals surface area contributed by atoms with Crippen LogP contribution in [0.3, 0.4) is 0 Å². The van der Waals surface area contributed by atoms with Crippen molar-refractivity contribution in [1.29, 1.82) is 0 Å². The maximum absolute atomic E-state index is 13.6. The summed E-state index contributed by atoms with van der Waals surface area (Å²) in [6.45, 7) is -0.0335. The van der Waals surface area contributed by atoms with Crippen LogP contribution in [0.2, 0.25) is 10.0 Å². The predicted octanol–water partition coefficient (Wildman–Crippen LogP) is 4.46. The average molecular weight is 392 g/mol. The molecule has 1 amide bonds. The van der Waals surface area contributed by atoms with E-state index in [1.807, 2.05) is 0 Å². The van der Waals surface area contributed by atoms with Crippen molar-refractivity contribution < 1.29 is 18.7 Å². The van der Waals surface area contributed by atoms with Crippen molar-refractivity contribution in [1.82, 2.24) is 0 Å². The molecule has 2 aromatic rings. The third-order valence-electron chi connectivity index (χ3n) is 4.53. The number of carbonyl (C=O) groups is 2. The van der Waals surface area contributed by atoms with Crippen molar-refractivity contribution in [2.75, 3.05) is 11.5 Å². The maximum atomic E-state index is 13.6. The van der Waals surface area contributed by atoms with Crippen molar-refractivity contribution in [3.63, 3.8) is 0 Å². The highest BCUT2D eigenvalue weighted by atomic mass is 35.5. The minimum absolute atomic E-state index is 0.0335. The molecule has 4 nitrogen and oxygen atoms in total. The molecule has 0 spiro atoms. The van der Waals surface area contributed by atoms with Gasteiger partial charge in [-0.1, -0.05) is 35.3 Å². The fourth-order valence-electron chi connectivity index (χ4n) is 3.38. The molecule has 1 unspecified atom stereocenters. The lowest BCUT2D eigenvalue weighted by atomic mass is 9.84. The van der Waals surface area contributed by atoms with Crippen molar-refractivity contribution in [3.8, 4) is 0 Å². The lowest BCUT2D eigenvalue weighted by molar-refractivity contribution is -0.136. The Morgan fingerprint density at radius 2 is 1.88 bits per heavy atom. The van der Waals surface area contributed by atoms with Gasteiger partial charge in [-0.2, -0.15) is 0 Å². The van der Waals surface area contributed by atoms with Crippen LogP contribution in [0.25, 0.3) is 0 Å². The molecule has 0 N–H and O–H groups in total. The lowest BCUT2D eigenvalue weighted by Crippen LogP contribution is -2.37. The third-order valence-corrected chi connectivity index (χ3v) is 5.27. The van der Waals surface area contributed by atoms with Crippen LogP contribution in [0.15, 0.2) is 53.7 Å². The summed E-state index contributed by atoms with van der Waals surface area (Å²) < 4.78 is 18.8. The maximum Gasteiger partial charge on any atom is 0.336 e. The molecular weight excluding hydrogens is 380 g/mol. The summed E-state index contributed by atoms with van der Waals surface area (Å²) in [6.07, 6.45) is 0.0441. The summed E-state index contributed by atoms with van der Waals surface area (Å²) in [5, 5.41) is 0.736. The van der Waals surface area contributed by atoms with Crippen LogP contribution in [-0.2, 0) is 14.3 Å². The number of nitrogens with zero attached hydrogens (tertiary/aromatic N) is 1. The minimum Gasteiger partial charge on any atom is -0.456 e. The number of anilines is 1. The lowest BCUT2D eigenvalue weighted by Gasteiger charge is -2.32. The van der Waals surface area contributed by atoms with Gasteiger partial charge in [0.05, 0.1) is 27.0 Å². The van der Waals surface area contributed by atoms with Gasteiger partial charge in [0.1, 0.15) is 12.4 Å². The summed E-state index contributed by atoms with van der Waals surface area (Å²) in [6, 6.07) is 10.7. The highest BCUT2D eigenvalue weighted by Crippen LogP contribution is 2.42. The molecule has 0 saturated heterocycles. The van der Waals surface area contributed by atoms with Gasteiger partial charge in [-0.15, -0.1) is 0 Å². The van der Waals surface area contributed by atoms with E-state index in [9.17, 15) is 14.0 Å². The number of carbonyl (C=O) groups excluding carboxylic acids is 2. The summed E-state index contributed by atoms with van der Waals surface area (Å²) in [7, 11) is 0. The van der Waals surface area contributed by atoms with E-state index in [-0.39, 0.29) is 18.9 Å². The van der Waals surface area contributed by atoms with E-state index in [0.29, 0.717) is 32.6 Å². The van der Waals surface area contributed by atoms with Crippen molar-refractivity contribution in [3.05, 3.63) is 75.2 Å². The van der Waals surface area contributed by atoms with Crippen LogP contribution in [0, 0.1) is 5.82 Å². The minimum atomic E-state index is -0.482. The second kappa shape index (κ2) is 6.41. The van der Waals surface area contributed by atoms with Crippen molar-refractivity contribution in [2.24, 2.45) is 0 Å². The number of cyclic esters (lactones) is 1. The van der Waals surface area contributed by atoms with E-state index in [1.54, 1.807) is 24.3 Å². The molecule has 2 aliphatic rings. The molecule has 0 radical (unpaired) electrons. The summed E-state index contributed by atoms with van der Waals surface area (Å²) in [4.78, 5) is 26.5. The molecule has 0 saturated carbocycles. The first-order valence-electron chi connectivity index (χ1n) is 7.89. The van der Waals surface area contributed by atoms with Crippen LogP contribution >= 0.6 is 23.2 Å². The zero-order chi connectivity index (χ0) is 18.4. The normalized spacial score (nSPS) is 19.7. The Hall–Kier alpha value is -2.37. The highest BCUT2D eigenvalue weighted by molar-refractivity contribution is 6.42. The van der Waals surface area contributed by atoms with Crippen LogP contribution in [0.4, 0.5) is 10.1 Å². The number of ether oxygens (including phenoxy) is 1. The largest absolute Gasteiger partial charge is 0.456 e. The van der Waals surface area contributed by atoms with Gasteiger partial charge >= 0.3 is 5.97 Å². The third kappa shape index (κ3) is 2.77. The number of esters is 1. The summed E-state index contributed by atoms with van der Waals surface area (Å²) in [5.41, 5.74) is 1.91. The molecule has 0 aliphatic carbocycles. The average Bonchev–Trinajstić information content (AvgIpc) is 2.98. The summed E-state index contributed by atoms with van der Waals surface area (Å²) in [5.74, 6) is -1.67. The van der Waals surface area contributed by atoms with Gasteiger partial charge in [0, 0.05) is 12.3 Å². The van der Waals surface area contributed by atoms with E-state index in [1.165, 1.54) is 23.1 Å². The van der Waals surface area contributed by atoms with Gasteiger partial charge in [0.25, 0.3) is 0 Å². The van der Waals surface area contributed by atoms with Crippen LogP contribution < -0.4 is 4.90 Å². The molecule has 7 heteroatoms. The van der Waals surface area contributed by atoms with Crippen LogP contribution in [0.1, 0.15) is 17.9 Å². The number of hydrogen-bond donors (Lipinski definition) is 0. The number of hydrogen-bond acceptors (Lipinski definition) is 3. The van der Waals surface area contributed by atoms with E-state index < -0.39 is 17.7 Å². The molecule has 2 heterocycles. The Labute approximate surface area is 158 Å². The first kappa shape index (κ1) is 17.1. The fourth-order valence-corrected chi connectivity index (χ4v) is 3.69. The topological polar surface area (TPSA) is 46.6 Å². The van der Waals surface area contributed by atoms with Gasteiger partial charge in [-0.25, -0.2) is 9.18 Å². The Morgan fingerprint density at radius 1 is 1.08 bits per heavy atom. The highest BCUT2D eigenvalue weighted by Gasteiger charge is 2.43. The Bertz CT molecular complexity index is 973. The molecule has 1 atom stereocenters. The molecule has 4 rings (SSSR count). The Morgan fingerprint density at radius 3 is 2.62 bits per heavy atom. The van der Waals surface area contributed by atoms with Gasteiger partial charge in [0.2, 0.25) is 5.91 Å². The SMILES string of the molecule is O=C1OCC2=C1C(c1ccc(Cl)c(Cl)c1)CC(=O)N2c1cccc(F)c1. The second-order valence-electron chi connectivity index (χ2n) is 6.08. The molecule has 132 valence electrons. The number of benzene rings is 2. The molecule has 0 aromatic heterocycles. The first-order valence-corrected chi connectivity index (χ1v) is 8.65. The zero-order valence-electron chi connectivity index (χ0n) is 13.3. The van der Waals surface area contributed by atoms with E-state index in [0.717, 1.165) is 0 Å². The number of rotatable bonds is 2. The van der Waals surface area contributed by atoms with Crippen LogP contribution in [0.5, 0.6) is 0 Å². The quantitative estimate of drug-likeness (QED) is 0.709. The number of halogens is 3. The van der Waals surface area contributed by atoms with Crippen molar-refractivity contribution >= 4 is 40.8 Å².